The van der Waals surface area contributed by atoms with E-state index < -0.39 is 25.9 Å². The van der Waals surface area contributed by atoms with E-state index in [9.17, 15) is 16.8 Å². The maximum Gasteiger partial charge on any atom is 0.216 e. The summed E-state index contributed by atoms with van der Waals surface area (Å²) in [6, 6.07) is 6.09. The van der Waals surface area contributed by atoms with Crippen molar-refractivity contribution in [3.63, 3.8) is 0 Å². The molecule has 106 valence electrons. The molecule has 1 aromatic rings. The van der Waals surface area contributed by atoms with Crippen molar-refractivity contribution in [1.29, 1.82) is 0 Å². The van der Waals surface area contributed by atoms with Crippen molar-refractivity contribution in [3.8, 4) is 0 Å². The Morgan fingerprint density at radius 3 is 2.68 bits per heavy atom. The minimum Gasteiger partial charge on any atom is -0.399 e. The Balaban J connectivity index is 2.04. The Kier molecular flexibility index (Phi) is 3.84. The predicted octanol–water partition coefficient (Wildman–Crippen LogP) is -0.125. The van der Waals surface area contributed by atoms with E-state index in [4.69, 9.17) is 5.73 Å². The highest BCUT2D eigenvalue weighted by atomic mass is 32.2. The van der Waals surface area contributed by atoms with Gasteiger partial charge in [-0.25, -0.2) is 21.6 Å². The van der Waals surface area contributed by atoms with Crippen LogP contribution in [0.15, 0.2) is 24.3 Å². The van der Waals surface area contributed by atoms with Crippen LogP contribution >= 0.6 is 0 Å². The molecule has 1 aliphatic heterocycles. The molecule has 3 N–H and O–H groups in total. The van der Waals surface area contributed by atoms with E-state index in [0.717, 1.165) is 0 Å². The number of anilines is 1. The van der Waals surface area contributed by atoms with Gasteiger partial charge in [-0.2, -0.15) is 0 Å². The van der Waals surface area contributed by atoms with Crippen LogP contribution in [0.4, 0.5) is 5.69 Å². The average Bonchev–Trinajstić information content (AvgIpc) is 2.56. The van der Waals surface area contributed by atoms with E-state index in [2.05, 4.69) is 4.72 Å². The van der Waals surface area contributed by atoms with E-state index in [1.54, 1.807) is 24.3 Å². The first-order valence-electron chi connectivity index (χ1n) is 5.81. The van der Waals surface area contributed by atoms with Crippen LogP contribution < -0.4 is 10.5 Å². The van der Waals surface area contributed by atoms with Gasteiger partial charge in [0.15, 0.2) is 9.84 Å². The summed E-state index contributed by atoms with van der Waals surface area (Å²) in [5.74, 6) is -0.282. The third-order valence-corrected chi connectivity index (χ3v) is 6.06. The predicted molar refractivity (Wildman–Crippen MR) is 73.7 cm³/mol. The van der Waals surface area contributed by atoms with Crippen LogP contribution in [0, 0.1) is 0 Å². The normalized spacial score (nSPS) is 22.4. The third kappa shape index (κ3) is 4.19. The first kappa shape index (κ1) is 14.3. The van der Waals surface area contributed by atoms with Crippen molar-refractivity contribution in [2.45, 2.75) is 18.2 Å². The van der Waals surface area contributed by atoms with Crippen LogP contribution in [0.5, 0.6) is 0 Å². The molecule has 1 heterocycles. The number of hydrogen-bond acceptors (Lipinski definition) is 5. The van der Waals surface area contributed by atoms with Crippen molar-refractivity contribution in [2.24, 2.45) is 0 Å². The van der Waals surface area contributed by atoms with Crippen molar-refractivity contribution in [2.75, 3.05) is 17.2 Å². The maximum atomic E-state index is 11.9. The molecule has 1 saturated heterocycles. The SMILES string of the molecule is Nc1cccc(CS(=O)(=O)NC2CCS(=O)(=O)C2)c1. The van der Waals surface area contributed by atoms with E-state index in [-0.39, 0.29) is 17.3 Å². The molecule has 1 aromatic carbocycles. The fourth-order valence-electron chi connectivity index (χ4n) is 2.09. The van der Waals surface area contributed by atoms with Gasteiger partial charge in [0.2, 0.25) is 10.0 Å². The monoisotopic (exact) mass is 304 g/mol. The zero-order valence-corrected chi connectivity index (χ0v) is 11.9. The molecular weight excluding hydrogens is 288 g/mol. The Hall–Kier alpha value is -1.12. The fraction of sp³-hybridized carbons (Fsp3) is 0.455. The van der Waals surface area contributed by atoms with Gasteiger partial charge in [-0.15, -0.1) is 0 Å². The van der Waals surface area contributed by atoms with Gasteiger partial charge in [-0.05, 0) is 24.1 Å². The smallest absolute Gasteiger partial charge is 0.216 e. The van der Waals surface area contributed by atoms with E-state index in [1.807, 2.05) is 0 Å². The Morgan fingerprint density at radius 2 is 2.11 bits per heavy atom. The Morgan fingerprint density at radius 1 is 1.37 bits per heavy atom. The van der Waals surface area contributed by atoms with Crippen LogP contribution in [-0.2, 0) is 25.6 Å². The molecule has 0 aliphatic carbocycles. The molecule has 6 nitrogen and oxygen atoms in total. The molecule has 1 atom stereocenters. The number of nitrogens with one attached hydrogen (secondary N) is 1. The molecule has 1 aliphatic rings. The van der Waals surface area contributed by atoms with Crippen LogP contribution in [-0.4, -0.2) is 34.4 Å². The van der Waals surface area contributed by atoms with E-state index in [0.29, 0.717) is 17.7 Å². The minimum absolute atomic E-state index is 0.0402. The molecule has 1 unspecified atom stereocenters. The third-order valence-electron chi connectivity index (χ3n) is 2.89. The molecule has 0 spiro atoms. The maximum absolute atomic E-state index is 11.9. The molecule has 0 bridgehead atoms. The fourth-order valence-corrected chi connectivity index (χ4v) is 5.28. The van der Waals surface area contributed by atoms with Gasteiger partial charge in [0, 0.05) is 11.7 Å². The highest BCUT2D eigenvalue weighted by Crippen LogP contribution is 2.14. The molecular formula is C11H16N2O4S2. The average molecular weight is 304 g/mol. The number of nitrogen functional groups attached to an aromatic ring is 1. The second-order valence-electron chi connectivity index (χ2n) is 4.72. The zero-order valence-electron chi connectivity index (χ0n) is 10.2. The summed E-state index contributed by atoms with van der Waals surface area (Å²) in [5.41, 5.74) is 6.66. The summed E-state index contributed by atoms with van der Waals surface area (Å²) in [5, 5.41) is 0. The number of sulfonamides is 1. The van der Waals surface area contributed by atoms with Crippen LogP contribution in [0.1, 0.15) is 12.0 Å². The van der Waals surface area contributed by atoms with Crippen molar-refractivity contribution in [3.05, 3.63) is 29.8 Å². The molecule has 2 rings (SSSR count). The molecule has 0 aromatic heterocycles. The van der Waals surface area contributed by atoms with Gasteiger partial charge in [0.05, 0.1) is 17.3 Å². The number of nitrogens with two attached hydrogens (primary N) is 1. The Bertz CT molecular complexity index is 668. The first-order valence-corrected chi connectivity index (χ1v) is 9.28. The van der Waals surface area contributed by atoms with Crippen molar-refractivity contribution < 1.29 is 16.8 Å². The molecule has 1 fully saturated rings. The number of benzene rings is 1. The molecule has 0 radical (unpaired) electrons. The summed E-state index contributed by atoms with van der Waals surface area (Å²) in [6.07, 6.45) is 0.332. The standard InChI is InChI=1S/C11H16N2O4S2/c12-10-3-1-2-9(6-10)7-19(16,17)13-11-4-5-18(14,15)8-11/h1-3,6,11,13H,4-5,7-8,12H2. The molecule has 0 amide bonds. The van der Waals surface area contributed by atoms with Crippen molar-refractivity contribution >= 4 is 25.5 Å². The summed E-state index contributed by atoms with van der Waals surface area (Å²) in [4.78, 5) is 0. The van der Waals surface area contributed by atoms with Gasteiger partial charge in [0.1, 0.15) is 0 Å². The van der Waals surface area contributed by atoms with Gasteiger partial charge < -0.3 is 5.73 Å². The number of rotatable bonds is 4. The highest BCUT2D eigenvalue weighted by Gasteiger charge is 2.30. The summed E-state index contributed by atoms with van der Waals surface area (Å²) in [7, 11) is -6.65. The van der Waals surface area contributed by atoms with Gasteiger partial charge >= 0.3 is 0 Å². The zero-order chi connectivity index (χ0) is 14.1. The van der Waals surface area contributed by atoms with Crippen LogP contribution in [0.25, 0.3) is 0 Å². The van der Waals surface area contributed by atoms with Gasteiger partial charge in [-0.1, -0.05) is 12.1 Å². The quantitative estimate of drug-likeness (QED) is 0.754. The number of sulfone groups is 1. The lowest BCUT2D eigenvalue weighted by molar-refractivity contribution is 0.561. The summed E-state index contributed by atoms with van der Waals surface area (Å²) >= 11 is 0. The lowest BCUT2D eigenvalue weighted by Gasteiger charge is -2.11. The Labute approximate surface area is 113 Å². The molecule has 0 saturated carbocycles. The largest absolute Gasteiger partial charge is 0.399 e. The number of hydrogen-bond donors (Lipinski definition) is 2. The van der Waals surface area contributed by atoms with Crippen molar-refractivity contribution in [1.82, 2.24) is 4.72 Å². The minimum atomic E-state index is -3.56. The summed E-state index contributed by atoms with van der Waals surface area (Å²) in [6.45, 7) is 0. The second kappa shape index (κ2) is 5.10. The summed E-state index contributed by atoms with van der Waals surface area (Å²) < 4.78 is 48.9. The van der Waals surface area contributed by atoms with Crippen LogP contribution in [0.2, 0.25) is 0 Å². The van der Waals surface area contributed by atoms with Gasteiger partial charge in [0.25, 0.3) is 0 Å². The molecule has 19 heavy (non-hydrogen) atoms. The molecule has 8 heteroatoms. The lowest BCUT2D eigenvalue weighted by Crippen LogP contribution is -2.36. The highest BCUT2D eigenvalue weighted by molar-refractivity contribution is 7.92. The van der Waals surface area contributed by atoms with Gasteiger partial charge in [-0.3, -0.25) is 0 Å². The topological polar surface area (TPSA) is 106 Å². The second-order valence-corrected chi connectivity index (χ2v) is 8.70. The van der Waals surface area contributed by atoms with E-state index in [1.165, 1.54) is 0 Å². The van der Waals surface area contributed by atoms with E-state index >= 15 is 0 Å². The van der Waals surface area contributed by atoms with Crippen LogP contribution in [0.3, 0.4) is 0 Å². The lowest BCUT2D eigenvalue weighted by atomic mass is 10.2. The first-order chi connectivity index (χ1) is 8.76.